The lowest BCUT2D eigenvalue weighted by Crippen LogP contribution is -2.39. The predicted molar refractivity (Wildman–Crippen MR) is 116 cm³/mol. The number of amides is 1. The standard InChI is InChI=1S/C22H30N4O3/c1-23-22(25-14-7-13-24-21(27)18-8-5-4-6-9-18)26-15-12-17-10-11-19(28-2)20(16-17)29-3/h4-6,8-11,16H,7,12-15H2,1-3H3,(H,24,27)(H2,23,25,26). The fourth-order valence-corrected chi connectivity index (χ4v) is 2.77. The largest absolute Gasteiger partial charge is 0.493 e. The number of nitrogens with zero attached hydrogens (tertiary/aromatic N) is 1. The molecule has 2 aromatic rings. The van der Waals surface area contributed by atoms with Gasteiger partial charge in [0.2, 0.25) is 0 Å². The van der Waals surface area contributed by atoms with Crippen LogP contribution in [0.5, 0.6) is 11.5 Å². The zero-order valence-corrected chi connectivity index (χ0v) is 17.3. The Morgan fingerprint density at radius 2 is 1.59 bits per heavy atom. The van der Waals surface area contributed by atoms with Crippen molar-refractivity contribution < 1.29 is 14.3 Å². The Morgan fingerprint density at radius 1 is 0.897 bits per heavy atom. The molecule has 0 radical (unpaired) electrons. The zero-order valence-electron chi connectivity index (χ0n) is 17.3. The van der Waals surface area contributed by atoms with Gasteiger partial charge in [0.15, 0.2) is 17.5 Å². The summed E-state index contributed by atoms with van der Waals surface area (Å²) >= 11 is 0. The van der Waals surface area contributed by atoms with Crippen molar-refractivity contribution in [2.24, 2.45) is 4.99 Å². The van der Waals surface area contributed by atoms with E-state index in [9.17, 15) is 4.79 Å². The van der Waals surface area contributed by atoms with Crippen LogP contribution >= 0.6 is 0 Å². The molecule has 1 amide bonds. The highest BCUT2D eigenvalue weighted by molar-refractivity contribution is 5.94. The molecule has 0 aromatic heterocycles. The Hall–Kier alpha value is -3.22. The summed E-state index contributed by atoms with van der Waals surface area (Å²) in [6.45, 7) is 2.05. The van der Waals surface area contributed by atoms with Crippen molar-refractivity contribution in [2.45, 2.75) is 12.8 Å². The number of methoxy groups -OCH3 is 2. The number of aliphatic imine (C=N–C) groups is 1. The van der Waals surface area contributed by atoms with Crippen LogP contribution in [0.1, 0.15) is 22.3 Å². The van der Waals surface area contributed by atoms with Gasteiger partial charge in [0.25, 0.3) is 5.91 Å². The molecule has 0 spiro atoms. The second-order valence-corrected chi connectivity index (χ2v) is 6.34. The number of rotatable bonds is 10. The number of carbonyl (C=O) groups excluding carboxylic acids is 1. The van der Waals surface area contributed by atoms with Crippen molar-refractivity contribution in [1.82, 2.24) is 16.0 Å². The summed E-state index contributed by atoms with van der Waals surface area (Å²) in [5, 5.41) is 9.46. The summed E-state index contributed by atoms with van der Waals surface area (Å²) in [6, 6.07) is 15.1. The lowest BCUT2D eigenvalue weighted by atomic mass is 10.1. The van der Waals surface area contributed by atoms with Gasteiger partial charge >= 0.3 is 0 Å². The second-order valence-electron chi connectivity index (χ2n) is 6.34. The van der Waals surface area contributed by atoms with Crippen LogP contribution in [0.4, 0.5) is 0 Å². The minimum atomic E-state index is -0.0528. The van der Waals surface area contributed by atoms with Crippen LogP contribution in [0.3, 0.4) is 0 Å². The van der Waals surface area contributed by atoms with Gasteiger partial charge in [-0.3, -0.25) is 9.79 Å². The number of guanidine groups is 1. The fourth-order valence-electron chi connectivity index (χ4n) is 2.77. The molecule has 0 fully saturated rings. The van der Waals surface area contributed by atoms with Crippen molar-refractivity contribution in [3.8, 4) is 11.5 Å². The van der Waals surface area contributed by atoms with E-state index in [4.69, 9.17) is 9.47 Å². The molecule has 0 atom stereocenters. The molecular weight excluding hydrogens is 368 g/mol. The molecule has 0 aliphatic heterocycles. The summed E-state index contributed by atoms with van der Waals surface area (Å²) in [7, 11) is 5.00. The maximum atomic E-state index is 12.0. The van der Waals surface area contributed by atoms with E-state index >= 15 is 0 Å². The molecular formula is C22H30N4O3. The number of ether oxygens (including phenoxy) is 2. The van der Waals surface area contributed by atoms with Gasteiger partial charge in [0.1, 0.15) is 0 Å². The molecule has 29 heavy (non-hydrogen) atoms. The van der Waals surface area contributed by atoms with E-state index in [1.54, 1.807) is 33.4 Å². The average molecular weight is 399 g/mol. The van der Waals surface area contributed by atoms with Gasteiger partial charge in [-0.15, -0.1) is 0 Å². The number of hydrogen-bond donors (Lipinski definition) is 3. The number of benzene rings is 2. The molecule has 7 heteroatoms. The van der Waals surface area contributed by atoms with Crippen molar-refractivity contribution in [2.75, 3.05) is 40.9 Å². The van der Waals surface area contributed by atoms with E-state index < -0.39 is 0 Å². The first kappa shape index (κ1) is 22.1. The van der Waals surface area contributed by atoms with Gasteiger partial charge in [-0.2, -0.15) is 0 Å². The lowest BCUT2D eigenvalue weighted by Gasteiger charge is -2.13. The van der Waals surface area contributed by atoms with Gasteiger partial charge < -0.3 is 25.4 Å². The molecule has 0 aliphatic carbocycles. The maximum absolute atomic E-state index is 12.0. The predicted octanol–water partition coefficient (Wildman–Crippen LogP) is 2.23. The van der Waals surface area contributed by atoms with Crippen molar-refractivity contribution in [3.63, 3.8) is 0 Å². The van der Waals surface area contributed by atoms with Crippen molar-refractivity contribution in [3.05, 3.63) is 59.7 Å². The smallest absolute Gasteiger partial charge is 0.251 e. The Labute approximate surface area is 172 Å². The highest BCUT2D eigenvalue weighted by Crippen LogP contribution is 2.27. The first-order valence-corrected chi connectivity index (χ1v) is 9.66. The summed E-state index contributed by atoms with van der Waals surface area (Å²) < 4.78 is 10.6. The Kier molecular flexibility index (Phi) is 9.35. The topological polar surface area (TPSA) is 84.0 Å². The van der Waals surface area contributed by atoms with E-state index in [1.165, 1.54) is 0 Å². The van der Waals surface area contributed by atoms with Gasteiger partial charge in [-0.25, -0.2) is 0 Å². The van der Waals surface area contributed by atoms with Gasteiger partial charge in [-0.1, -0.05) is 24.3 Å². The van der Waals surface area contributed by atoms with E-state index in [-0.39, 0.29) is 5.91 Å². The molecule has 2 aromatic carbocycles. The van der Waals surface area contributed by atoms with Crippen LogP contribution in [0.2, 0.25) is 0 Å². The van der Waals surface area contributed by atoms with E-state index in [0.717, 1.165) is 42.4 Å². The molecule has 7 nitrogen and oxygen atoms in total. The molecule has 0 unspecified atom stereocenters. The van der Waals surface area contributed by atoms with E-state index in [0.29, 0.717) is 18.7 Å². The molecule has 156 valence electrons. The van der Waals surface area contributed by atoms with E-state index in [1.807, 2.05) is 36.4 Å². The Bertz CT molecular complexity index is 794. The highest BCUT2D eigenvalue weighted by Gasteiger charge is 2.05. The van der Waals surface area contributed by atoms with Crippen LogP contribution in [-0.2, 0) is 6.42 Å². The first-order chi connectivity index (χ1) is 14.2. The lowest BCUT2D eigenvalue weighted by molar-refractivity contribution is 0.0953. The summed E-state index contributed by atoms with van der Waals surface area (Å²) in [5.74, 6) is 2.13. The van der Waals surface area contributed by atoms with Crippen LogP contribution in [0, 0.1) is 0 Å². The third-order valence-corrected chi connectivity index (χ3v) is 4.35. The van der Waals surface area contributed by atoms with Gasteiger partial charge in [0.05, 0.1) is 14.2 Å². The molecule has 0 saturated heterocycles. The minimum absolute atomic E-state index is 0.0528. The van der Waals surface area contributed by atoms with Crippen LogP contribution in [-0.4, -0.2) is 52.8 Å². The fraction of sp³-hybridized carbons (Fsp3) is 0.364. The summed E-state index contributed by atoms with van der Waals surface area (Å²) in [4.78, 5) is 16.2. The first-order valence-electron chi connectivity index (χ1n) is 9.66. The second kappa shape index (κ2) is 12.3. The normalized spacial score (nSPS) is 10.9. The third kappa shape index (κ3) is 7.37. The third-order valence-electron chi connectivity index (χ3n) is 4.35. The molecule has 3 N–H and O–H groups in total. The molecule has 2 rings (SSSR count). The summed E-state index contributed by atoms with van der Waals surface area (Å²) in [6.07, 6.45) is 1.63. The monoisotopic (exact) mass is 398 g/mol. The SMILES string of the molecule is CN=C(NCCCNC(=O)c1ccccc1)NCCc1ccc(OC)c(OC)c1. The minimum Gasteiger partial charge on any atom is -0.493 e. The van der Waals surface area contributed by atoms with Crippen LogP contribution in [0.15, 0.2) is 53.5 Å². The zero-order chi connectivity index (χ0) is 20.9. The van der Waals surface area contributed by atoms with Crippen LogP contribution < -0.4 is 25.4 Å². The Balaban J connectivity index is 1.65. The number of nitrogens with one attached hydrogen (secondary N) is 3. The molecule has 0 aliphatic rings. The summed E-state index contributed by atoms with van der Waals surface area (Å²) in [5.41, 5.74) is 1.82. The molecule has 0 heterocycles. The quantitative estimate of drug-likeness (QED) is 0.325. The Morgan fingerprint density at radius 3 is 2.28 bits per heavy atom. The van der Waals surface area contributed by atoms with Crippen molar-refractivity contribution in [1.29, 1.82) is 0 Å². The molecule has 0 bridgehead atoms. The van der Waals surface area contributed by atoms with Gasteiger partial charge in [-0.05, 0) is 42.7 Å². The molecule has 0 saturated carbocycles. The number of carbonyl (C=O) groups is 1. The maximum Gasteiger partial charge on any atom is 0.251 e. The van der Waals surface area contributed by atoms with Crippen LogP contribution in [0.25, 0.3) is 0 Å². The van der Waals surface area contributed by atoms with Crippen molar-refractivity contribution >= 4 is 11.9 Å². The van der Waals surface area contributed by atoms with Gasteiger partial charge in [0, 0.05) is 32.2 Å². The average Bonchev–Trinajstić information content (AvgIpc) is 2.77. The highest BCUT2D eigenvalue weighted by atomic mass is 16.5. The number of hydrogen-bond acceptors (Lipinski definition) is 4. The van der Waals surface area contributed by atoms with E-state index in [2.05, 4.69) is 20.9 Å².